The maximum Gasteiger partial charge on any atom is 0.324 e. The fourth-order valence-electron chi connectivity index (χ4n) is 4.45. The molecule has 0 spiro atoms. The number of hydrogen-bond acceptors (Lipinski definition) is 3. The van der Waals surface area contributed by atoms with Crippen molar-refractivity contribution in [3.63, 3.8) is 0 Å². The summed E-state index contributed by atoms with van der Waals surface area (Å²) in [6.07, 6.45) is 1.96. The molecule has 6 nitrogen and oxygen atoms in total. The summed E-state index contributed by atoms with van der Waals surface area (Å²) >= 11 is 0. The fraction of sp³-hybridized carbons (Fsp3) is 0.391. The molecule has 0 aliphatic carbocycles. The third-order valence-electron chi connectivity index (χ3n) is 5.97. The highest BCUT2D eigenvalue weighted by molar-refractivity contribution is 5.98. The van der Waals surface area contributed by atoms with E-state index in [1.54, 1.807) is 6.07 Å². The predicted octanol–water partition coefficient (Wildman–Crippen LogP) is 3.52. The first-order chi connectivity index (χ1) is 14.0. The molecule has 0 saturated carbocycles. The summed E-state index contributed by atoms with van der Waals surface area (Å²) in [5.74, 6) is 0.412. The third-order valence-corrected chi connectivity index (χ3v) is 5.97. The fourth-order valence-corrected chi connectivity index (χ4v) is 4.45. The average molecular weight is 392 g/mol. The van der Waals surface area contributed by atoms with E-state index in [-0.39, 0.29) is 17.9 Å². The van der Waals surface area contributed by atoms with Gasteiger partial charge in [0.25, 0.3) is 0 Å². The monoisotopic (exact) mass is 391 g/mol. The Balaban J connectivity index is 1.48. The summed E-state index contributed by atoms with van der Waals surface area (Å²) < 4.78 is 0. The number of urea groups is 1. The number of rotatable bonds is 4. The molecule has 1 atom stereocenters. The van der Waals surface area contributed by atoms with Gasteiger partial charge in [-0.25, -0.2) is 4.79 Å². The molecular formula is C23H29N5O. The Labute approximate surface area is 172 Å². The molecule has 1 unspecified atom stereocenters. The van der Waals surface area contributed by atoms with E-state index >= 15 is 0 Å². The Bertz CT molecular complexity index is 876. The topological polar surface area (TPSA) is 76.7 Å². The molecular weight excluding hydrogens is 362 g/mol. The summed E-state index contributed by atoms with van der Waals surface area (Å²) in [6.45, 7) is 5.62. The van der Waals surface area contributed by atoms with Gasteiger partial charge in [0.2, 0.25) is 0 Å². The van der Waals surface area contributed by atoms with Crippen LogP contribution in [-0.2, 0) is 0 Å². The molecule has 0 bridgehead atoms. The number of nitrogens with zero attached hydrogens (tertiary/aromatic N) is 3. The molecule has 2 aromatic carbocycles. The molecule has 6 heteroatoms. The van der Waals surface area contributed by atoms with Crippen molar-refractivity contribution in [2.24, 2.45) is 11.7 Å². The van der Waals surface area contributed by atoms with Gasteiger partial charge >= 0.3 is 6.03 Å². The van der Waals surface area contributed by atoms with Crippen molar-refractivity contribution in [1.29, 1.82) is 5.41 Å². The lowest BCUT2D eigenvalue weighted by Gasteiger charge is -2.45. The number of nitrogen functional groups attached to an aromatic ring is 1. The van der Waals surface area contributed by atoms with Crippen LogP contribution in [0.3, 0.4) is 0 Å². The first-order valence-electron chi connectivity index (χ1n) is 10.4. The van der Waals surface area contributed by atoms with Crippen LogP contribution in [0.1, 0.15) is 25.3 Å². The number of benzene rings is 2. The van der Waals surface area contributed by atoms with Crippen molar-refractivity contribution in [3.8, 4) is 0 Å². The lowest BCUT2D eigenvalue weighted by molar-refractivity contribution is 0.142. The standard InChI is InChI=1S/C23H29N5O/c1-17-15-27(20-10-12-26(13-11-20)19-7-3-2-4-8-19)23(29)28(16-17)21-9-5-6-18(14-21)22(24)25/h2-9,14,17,20H,10-13,15-16H2,1H3,(H3,24,25). The number of nitrogens with one attached hydrogen (secondary N) is 1. The van der Waals surface area contributed by atoms with Crippen molar-refractivity contribution >= 4 is 23.2 Å². The quantitative estimate of drug-likeness (QED) is 0.618. The summed E-state index contributed by atoms with van der Waals surface area (Å²) in [7, 11) is 0. The van der Waals surface area contributed by atoms with E-state index in [1.807, 2.05) is 29.2 Å². The van der Waals surface area contributed by atoms with Gasteiger partial charge in [-0.1, -0.05) is 37.3 Å². The zero-order valence-corrected chi connectivity index (χ0v) is 16.9. The SMILES string of the molecule is CC1CN(c2cccc(C(=N)N)c2)C(=O)N(C2CCN(c3ccccc3)CC2)C1. The molecule has 4 rings (SSSR count). The summed E-state index contributed by atoms with van der Waals surface area (Å²) in [5.41, 5.74) is 8.37. The van der Waals surface area contributed by atoms with Gasteiger partial charge in [0.05, 0.1) is 0 Å². The van der Waals surface area contributed by atoms with Crippen molar-refractivity contribution < 1.29 is 4.79 Å². The minimum absolute atomic E-state index is 0.0227. The first kappa shape index (κ1) is 19.3. The lowest BCUT2D eigenvalue weighted by atomic mass is 9.99. The molecule has 2 saturated heterocycles. The van der Waals surface area contributed by atoms with Gasteiger partial charge in [-0.3, -0.25) is 10.3 Å². The highest BCUT2D eigenvalue weighted by Crippen LogP contribution is 2.29. The van der Waals surface area contributed by atoms with Crippen molar-refractivity contribution in [2.75, 3.05) is 36.0 Å². The summed E-state index contributed by atoms with van der Waals surface area (Å²) in [5, 5.41) is 7.69. The minimum atomic E-state index is 0.0227. The number of carbonyl (C=O) groups excluding carboxylic acids is 1. The Hall–Kier alpha value is -3.02. The van der Waals surface area contributed by atoms with Crippen LogP contribution in [0.25, 0.3) is 0 Å². The Morgan fingerprint density at radius 3 is 2.38 bits per heavy atom. The number of nitrogens with two attached hydrogens (primary N) is 1. The molecule has 29 heavy (non-hydrogen) atoms. The highest BCUT2D eigenvalue weighted by Gasteiger charge is 2.36. The normalized spacial score (nSPS) is 20.8. The molecule has 2 amide bonds. The third kappa shape index (κ3) is 4.06. The van der Waals surface area contributed by atoms with Gasteiger partial charge < -0.3 is 15.5 Å². The van der Waals surface area contributed by atoms with Crippen LogP contribution in [0.4, 0.5) is 16.2 Å². The lowest BCUT2D eigenvalue weighted by Crippen LogP contribution is -2.58. The van der Waals surface area contributed by atoms with Crippen molar-refractivity contribution in [3.05, 3.63) is 60.2 Å². The maximum absolute atomic E-state index is 13.4. The smallest absolute Gasteiger partial charge is 0.324 e. The molecule has 3 N–H and O–H groups in total. The van der Waals surface area contributed by atoms with E-state index in [9.17, 15) is 4.79 Å². The van der Waals surface area contributed by atoms with Gasteiger partial charge in [-0.15, -0.1) is 0 Å². The summed E-state index contributed by atoms with van der Waals surface area (Å²) in [6, 6.07) is 18.3. The Morgan fingerprint density at radius 1 is 1.00 bits per heavy atom. The molecule has 2 heterocycles. The predicted molar refractivity (Wildman–Crippen MR) is 118 cm³/mol. The highest BCUT2D eigenvalue weighted by atomic mass is 16.2. The molecule has 0 radical (unpaired) electrons. The van der Waals surface area contributed by atoms with E-state index in [0.29, 0.717) is 18.0 Å². The average Bonchev–Trinajstić information content (AvgIpc) is 2.76. The molecule has 2 aliphatic heterocycles. The first-order valence-corrected chi connectivity index (χ1v) is 10.4. The van der Waals surface area contributed by atoms with Crippen LogP contribution in [0.15, 0.2) is 54.6 Å². The van der Waals surface area contributed by atoms with E-state index in [4.69, 9.17) is 11.1 Å². The zero-order valence-electron chi connectivity index (χ0n) is 16.9. The van der Waals surface area contributed by atoms with Crippen LogP contribution in [0.2, 0.25) is 0 Å². The number of para-hydroxylation sites is 1. The second-order valence-corrected chi connectivity index (χ2v) is 8.17. The minimum Gasteiger partial charge on any atom is -0.384 e. The van der Waals surface area contributed by atoms with E-state index < -0.39 is 0 Å². The van der Waals surface area contributed by atoms with Gasteiger partial charge in [0, 0.05) is 49.2 Å². The van der Waals surface area contributed by atoms with Gasteiger partial charge in [-0.2, -0.15) is 0 Å². The number of anilines is 2. The number of amidine groups is 1. The Morgan fingerprint density at radius 2 is 1.69 bits per heavy atom. The van der Waals surface area contributed by atoms with Crippen LogP contribution in [0.5, 0.6) is 0 Å². The Kier molecular flexibility index (Phi) is 5.43. The number of carbonyl (C=O) groups is 1. The molecule has 0 aromatic heterocycles. The van der Waals surface area contributed by atoms with Crippen molar-refractivity contribution in [1.82, 2.24) is 4.90 Å². The zero-order chi connectivity index (χ0) is 20.4. The van der Waals surface area contributed by atoms with Crippen LogP contribution >= 0.6 is 0 Å². The van der Waals surface area contributed by atoms with Gasteiger partial charge in [-0.05, 0) is 43.0 Å². The maximum atomic E-state index is 13.4. The molecule has 2 fully saturated rings. The van der Waals surface area contributed by atoms with Crippen LogP contribution < -0.4 is 15.5 Å². The van der Waals surface area contributed by atoms with Gasteiger partial charge in [0.1, 0.15) is 5.84 Å². The van der Waals surface area contributed by atoms with Crippen LogP contribution in [-0.4, -0.2) is 49.0 Å². The van der Waals surface area contributed by atoms with E-state index in [0.717, 1.165) is 38.2 Å². The number of amides is 2. The van der Waals surface area contributed by atoms with E-state index in [2.05, 4.69) is 41.0 Å². The molecule has 152 valence electrons. The summed E-state index contributed by atoms with van der Waals surface area (Å²) in [4.78, 5) is 19.7. The largest absolute Gasteiger partial charge is 0.384 e. The molecule has 2 aliphatic rings. The van der Waals surface area contributed by atoms with Crippen molar-refractivity contribution in [2.45, 2.75) is 25.8 Å². The second-order valence-electron chi connectivity index (χ2n) is 8.17. The van der Waals surface area contributed by atoms with Crippen LogP contribution in [0, 0.1) is 11.3 Å². The van der Waals surface area contributed by atoms with Gasteiger partial charge in [0.15, 0.2) is 0 Å². The number of hydrogen-bond donors (Lipinski definition) is 2. The second kappa shape index (κ2) is 8.15. The van der Waals surface area contributed by atoms with E-state index in [1.165, 1.54) is 5.69 Å². The number of piperidine rings is 1. The molecule has 2 aromatic rings.